The molecule has 0 fully saturated rings. The molecule has 19 heavy (non-hydrogen) atoms. The summed E-state index contributed by atoms with van der Waals surface area (Å²) in [7, 11) is -3.47. The lowest BCUT2D eigenvalue weighted by Crippen LogP contribution is -2.11. The van der Waals surface area contributed by atoms with Crippen LogP contribution < -0.4 is 4.72 Å². The highest BCUT2D eigenvalue weighted by Gasteiger charge is 2.18. The highest BCUT2D eigenvalue weighted by Crippen LogP contribution is 2.29. The average Bonchev–Trinajstić information content (AvgIpc) is 2.96. The number of thiophene rings is 1. The van der Waals surface area contributed by atoms with Crippen molar-refractivity contribution in [1.29, 1.82) is 0 Å². The number of benzene rings is 1. The van der Waals surface area contributed by atoms with Gasteiger partial charge in [0.15, 0.2) is 0 Å². The number of anilines is 1. The summed E-state index contributed by atoms with van der Waals surface area (Å²) in [5, 5.41) is 0. The van der Waals surface area contributed by atoms with Crippen LogP contribution in [0, 0.1) is 0 Å². The Kier molecular flexibility index (Phi) is 3.41. The molecule has 0 atom stereocenters. The van der Waals surface area contributed by atoms with E-state index in [-0.39, 0.29) is 0 Å². The first-order chi connectivity index (χ1) is 9.04. The fraction of sp³-hybridized carbons (Fsp3) is 0.231. The highest BCUT2D eigenvalue weighted by atomic mass is 79.9. The van der Waals surface area contributed by atoms with E-state index in [1.165, 1.54) is 22.5 Å². The minimum atomic E-state index is -3.47. The first-order valence-electron chi connectivity index (χ1n) is 5.94. The smallest absolute Gasteiger partial charge is 0.271 e. The molecule has 1 aromatic heterocycles. The van der Waals surface area contributed by atoms with Crippen molar-refractivity contribution in [2.24, 2.45) is 0 Å². The van der Waals surface area contributed by atoms with Gasteiger partial charge in [-0.3, -0.25) is 4.72 Å². The standard InChI is InChI=1S/C13H12BrNO2S2/c14-12-6-7-13(18-12)19(16,17)15-11-5-4-9-2-1-3-10(9)8-11/h4-8,15H,1-3H2. The minimum Gasteiger partial charge on any atom is -0.279 e. The van der Waals surface area contributed by atoms with Crippen LogP contribution in [-0.2, 0) is 22.9 Å². The van der Waals surface area contributed by atoms with Crippen LogP contribution in [0.2, 0.25) is 0 Å². The fourth-order valence-corrected chi connectivity index (χ4v) is 5.34. The van der Waals surface area contributed by atoms with Crippen molar-refractivity contribution >= 4 is 43.0 Å². The zero-order valence-electron chi connectivity index (χ0n) is 10.0. The molecule has 0 saturated carbocycles. The normalized spacial score (nSPS) is 14.4. The van der Waals surface area contributed by atoms with Crippen LogP contribution in [0.3, 0.4) is 0 Å². The van der Waals surface area contributed by atoms with Gasteiger partial charge in [0.25, 0.3) is 10.0 Å². The van der Waals surface area contributed by atoms with Crippen molar-refractivity contribution in [1.82, 2.24) is 0 Å². The Morgan fingerprint density at radius 3 is 2.63 bits per heavy atom. The monoisotopic (exact) mass is 357 g/mol. The predicted octanol–water partition coefficient (Wildman–Crippen LogP) is 3.80. The summed E-state index contributed by atoms with van der Waals surface area (Å²) >= 11 is 4.48. The second kappa shape index (κ2) is 4.92. The van der Waals surface area contributed by atoms with Crippen molar-refractivity contribution in [3.05, 3.63) is 45.2 Å². The Balaban J connectivity index is 1.89. The van der Waals surface area contributed by atoms with E-state index in [1.54, 1.807) is 12.1 Å². The molecule has 1 aromatic carbocycles. The van der Waals surface area contributed by atoms with E-state index in [4.69, 9.17) is 0 Å². The van der Waals surface area contributed by atoms with Gasteiger partial charge < -0.3 is 0 Å². The number of hydrogen-bond donors (Lipinski definition) is 1. The van der Waals surface area contributed by atoms with E-state index in [2.05, 4.69) is 20.7 Å². The van der Waals surface area contributed by atoms with Crippen LogP contribution in [0.5, 0.6) is 0 Å². The molecule has 2 aromatic rings. The molecule has 1 aliphatic carbocycles. The summed E-state index contributed by atoms with van der Waals surface area (Å²) in [6.07, 6.45) is 3.29. The van der Waals surface area contributed by atoms with E-state index < -0.39 is 10.0 Å². The Bertz CT molecular complexity index is 722. The molecular weight excluding hydrogens is 346 g/mol. The third-order valence-electron chi connectivity index (χ3n) is 3.16. The summed E-state index contributed by atoms with van der Waals surface area (Å²) in [5.74, 6) is 0. The Morgan fingerprint density at radius 2 is 1.89 bits per heavy atom. The Hall–Kier alpha value is -0.850. The van der Waals surface area contributed by atoms with Crippen LogP contribution in [-0.4, -0.2) is 8.42 Å². The maximum Gasteiger partial charge on any atom is 0.271 e. The second-order valence-electron chi connectivity index (χ2n) is 4.50. The molecule has 0 aliphatic heterocycles. The molecule has 0 radical (unpaired) electrons. The van der Waals surface area contributed by atoms with Crippen molar-refractivity contribution in [3.63, 3.8) is 0 Å². The topological polar surface area (TPSA) is 46.2 Å². The van der Waals surface area contributed by atoms with Crippen molar-refractivity contribution in [2.75, 3.05) is 4.72 Å². The van der Waals surface area contributed by atoms with Crippen LogP contribution in [0.25, 0.3) is 0 Å². The lowest BCUT2D eigenvalue weighted by Gasteiger charge is -2.08. The summed E-state index contributed by atoms with van der Waals surface area (Å²) in [6, 6.07) is 9.14. The first kappa shape index (κ1) is 13.1. The van der Waals surface area contributed by atoms with Crippen LogP contribution in [0.1, 0.15) is 17.5 Å². The van der Waals surface area contributed by atoms with Gasteiger partial charge in [-0.15, -0.1) is 11.3 Å². The molecular formula is C13H12BrNO2S2. The van der Waals surface area contributed by atoms with E-state index >= 15 is 0 Å². The number of fused-ring (bicyclic) bond motifs is 1. The minimum absolute atomic E-state index is 0.319. The highest BCUT2D eigenvalue weighted by molar-refractivity contribution is 9.11. The molecule has 0 spiro atoms. The van der Waals surface area contributed by atoms with E-state index in [9.17, 15) is 8.42 Å². The maximum absolute atomic E-state index is 12.2. The number of nitrogens with one attached hydrogen (secondary N) is 1. The maximum atomic E-state index is 12.2. The zero-order chi connectivity index (χ0) is 13.5. The van der Waals surface area contributed by atoms with Gasteiger partial charge in [0.2, 0.25) is 0 Å². The third kappa shape index (κ3) is 2.70. The van der Waals surface area contributed by atoms with Gasteiger partial charge in [-0.05, 0) is 70.6 Å². The number of aryl methyl sites for hydroxylation is 2. The van der Waals surface area contributed by atoms with Crippen molar-refractivity contribution in [3.8, 4) is 0 Å². The van der Waals surface area contributed by atoms with Gasteiger partial charge in [0, 0.05) is 5.69 Å². The summed E-state index contributed by atoms with van der Waals surface area (Å²) in [5.41, 5.74) is 3.24. The third-order valence-corrected chi connectivity index (χ3v) is 6.66. The second-order valence-corrected chi connectivity index (χ2v) is 8.87. The summed E-state index contributed by atoms with van der Waals surface area (Å²) in [6.45, 7) is 0. The predicted molar refractivity (Wildman–Crippen MR) is 81.3 cm³/mol. The van der Waals surface area contributed by atoms with Crippen molar-refractivity contribution in [2.45, 2.75) is 23.5 Å². The number of sulfonamides is 1. The average molecular weight is 358 g/mol. The zero-order valence-corrected chi connectivity index (χ0v) is 13.2. The number of hydrogen-bond acceptors (Lipinski definition) is 3. The van der Waals surface area contributed by atoms with Crippen molar-refractivity contribution < 1.29 is 8.42 Å². The summed E-state index contributed by atoms with van der Waals surface area (Å²) in [4.78, 5) is 0. The van der Waals surface area contributed by atoms with E-state index in [0.717, 1.165) is 23.0 Å². The first-order valence-corrected chi connectivity index (χ1v) is 9.04. The molecule has 1 heterocycles. The van der Waals surface area contributed by atoms with E-state index in [0.29, 0.717) is 9.90 Å². The Morgan fingerprint density at radius 1 is 1.11 bits per heavy atom. The molecule has 0 saturated heterocycles. The number of rotatable bonds is 3. The van der Waals surface area contributed by atoms with Gasteiger partial charge in [0.1, 0.15) is 4.21 Å². The summed E-state index contributed by atoms with van der Waals surface area (Å²) < 4.78 is 28.2. The van der Waals surface area contributed by atoms with Gasteiger partial charge in [-0.2, -0.15) is 0 Å². The quantitative estimate of drug-likeness (QED) is 0.907. The van der Waals surface area contributed by atoms with Gasteiger partial charge in [-0.1, -0.05) is 6.07 Å². The Labute approximate surface area is 124 Å². The molecule has 0 unspecified atom stereocenters. The molecule has 0 amide bonds. The molecule has 1 N–H and O–H groups in total. The fourth-order valence-electron chi connectivity index (χ4n) is 2.28. The number of halogens is 1. The molecule has 3 nitrogen and oxygen atoms in total. The molecule has 6 heteroatoms. The molecule has 1 aliphatic rings. The van der Waals surface area contributed by atoms with Gasteiger partial charge in [-0.25, -0.2) is 8.42 Å². The van der Waals surface area contributed by atoms with Crippen LogP contribution in [0.4, 0.5) is 5.69 Å². The van der Waals surface area contributed by atoms with Crippen LogP contribution in [0.15, 0.2) is 38.3 Å². The molecule has 3 rings (SSSR count). The largest absolute Gasteiger partial charge is 0.279 e. The lowest BCUT2D eigenvalue weighted by atomic mass is 10.1. The molecule has 100 valence electrons. The molecule has 0 bridgehead atoms. The SMILES string of the molecule is O=S(=O)(Nc1ccc2c(c1)CCC2)c1ccc(Br)s1. The van der Waals surface area contributed by atoms with E-state index in [1.807, 2.05) is 18.2 Å². The van der Waals surface area contributed by atoms with Crippen LogP contribution >= 0.6 is 27.3 Å². The lowest BCUT2D eigenvalue weighted by molar-refractivity contribution is 0.603. The van der Waals surface area contributed by atoms with Gasteiger partial charge in [0.05, 0.1) is 3.79 Å². The van der Waals surface area contributed by atoms with Gasteiger partial charge >= 0.3 is 0 Å².